The molecule has 1 aromatic heterocycles. The Hall–Kier alpha value is -2.35. The van der Waals surface area contributed by atoms with E-state index >= 15 is 0 Å². The van der Waals surface area contributed by atoms with Crippen molar-refractivity contribution in [2.75, 3.05) is 5.32 Å². The lowest BCUT2D eigenvalue weighted by atomic mass is 9.96. The van der Waals surface area contributed by atoms with Crippen LogP contribution in [0.15, 0.2) is 27.6 Å². The molecule has 144 valence electrons. The van der Waals surface area contributed by atoms with Crippen LogP contribution < -0.4 is 10.6 Å². The summed E-state index contributed by atoms with van der Waals surface area (Å²) in [6, 6.07) is 5.29. The van der Waals surface area contributed by atoms with Gasteiger partial charge in [0.1, 0.15) is 0 Å². The number of rotatable bonds is 3. The Balaban J connectivity index is 1.79. The number of nitrogens with one attached hydrogen (secondary N) is 2. The number of hydrogen-bond acceptors (Lipinski definition) is 6. The second kappa shape index (κ2) is 6.67. The molecule has 0 saturated heterocycles. The smallest absolute Gasteiger partial charge is 0.252 e. The Kier molecular flexibility index (Phi) is 4.80. The fourth-order valence-corrected chi connectivity index (χ4v) is 3.47. The van der Waals surface area contributed by atoms with Gasteiger partial charge in [0.2, 0.25) is 11.8 Å². The molecule has 3 rings (SSSR count). The minimum atomic E-state index is -0.813. The van der Waals surface area contributed by atoms with Crippen LogP contribution in [-0.2, 0) is 15.7 Å². The number of nitrogens with zero attached hydrogens (tertiary/aromatic N) is 2. The van der Waals surface area contributed by atoms with Gasteiger partial charge < -0.3 is 15.2 Å². The lowest BCUT2D eigenvalue weighted by Gasteiger charge is -2.24. The zero-order valence-corrected chi connectivity index (χ0v) is 17.2. The zero-order valence-electron chi connectivity index (χ0n) is 16.3. The van der Waals surface area contributed by atoms with Gasteiger partial charge in [-0.3, -0.25) is 9.59 Å². The van der Waals surface area contributed by atoms with E-state index in [2.05, 4.69) is 20.8 Å². The first-order valence-electron chi connectivity index (χ1n) is 8.76. The topological polar surface area (TPSA) is 97.1 Å². The van der Waals surface area contributed by atoms with Gasteiger partial charge in [-0.2, -0.15) is 4.98 Å². The highest BCUT2D eigenvalue weighted by atomic mass is 32.2. The maximum atomic E-state index is 12.8. The molecule has 7 nitrogen and oxygen atoms in total. The minimum absolute atomic E-state index is 0.0631. The quantitative estimate of drug-likeness (QED) is 0.836. The summed E-state index contributed by atoms with van der Waals surface area (Å²) in [6.45, 7) is 11.4. The van der Waals surface area contributed by atoms with Crippen LogP contribution in [0.3, 0.4) is 0 Å². The Bertz CT molecular complexity index is 899. The fraction of sp³-hybridized carbons (Fsp3) is 0.474. The molecule has 0 saturated carbocycles. The summed E-state index contributed by atoms with van der Waals surface area (Å²) in [4.78, 5) is 30.0. The van der Waals surface area contributed by atoms with E-state index in [1.807, 2.05) is 47.6 Å². The van der Waals surface area contributed by atoms with Gasteiger partial charge in [0, 0.05) is 15.9 Å². The normalized spacial score (nSPS) is 17.3. The lowest BCUT2D eigenvalue weighted by molar-refractivity contribution is -0.115. The van der Waals surface area contributed by atoms with E-state index in [1.54, 1.807) is 12.1 Å². The van der Waals surface area contributed by atoms with Crippen LogP contribution >= 0.6 is 11.8 Å². The summed E-state index contributed by atoms with van der Waals surface area (Å²) in [6.07, 6.45) is 0. The van der Waals surface area contributed by atoms with Crippen LogP contribution in [0.1, 0.15) is 63.6 Å². The second-order valence-corrected chi connectivity index (χ2v) is 9.60. The van der Waals surface area contributed by atoms with Crippen molar-refractivity contribution in [3.05, 3.63) is 35.5 Å². The van der Waals surface area contributed by atoms with Crippen LogP contribution in [-0.4, -0.2) is 27.2 Å². The lowest BCUT2D eigenvalue weighted by Crippen LogP contribution is -2.42. The van der Waals surface area contributed by atoms with Crippen molar-refractivity contribution < 1.29 is 14.1 Å². The summed E-state index contributed by atoms with van der Waals surface area (Å²) in [5.41, 5.74) is 0.0310. The van der Waals surface area contributed by atoms with Gasteiger partial charge in [-0.25, -0.2) is 0 Å². The Morgan fingerprint density at radius 3 is 2.59 bits per heavy atom. The summed E-state index contributed by atoms with van der Waals surface area (Å²) in [5, 5.41) is 9.66. The van der Waals surface area contributed by atoms with Crippen LogP contribution in [0, 0.1) is 0 Å². The first kappa shape index (κ1) is 19.4. The Morgan fingerprint density at radius 2 is 1.96 bits per heavy atom. The number of hydrogen-bond donors (Lipinski definition) is 2. The summed E-state index contributed by atoms with van der Waals surface area (Å²) >= 11 is 1.48. The van der Waals surface area contributed by atoms with E-state index in [-0.39, 0.29) is 22.5 Å². The second-order valence-electron chi connectivity index (χ2n) is 8.21. The van der Waals surface area contributed by atoms with Crippen molar-refractivity contribution in [2.24, 2.45) is 0 Å². The molecular weight excluding hydrogens is 364 g/mol. The first-order valence-corrected chi connectivity index (χ1v) is 9.64. The standard InChI is InChI=1S/C19H24N4O3S/c1-10-14(24)20-12-9-11(7-8-13(12)27-10)15(25)22-19(5,6)16-21-17(26-23-16)18(2,3)4/h7-10H,1-6H3,(H,20,24)(H,22,25)/t10-/m0/s1. The Labute approximate surface area is 162 Å². The monoisotopic (exact) mass is 388 g/mol. The molecule has 8 heteroatoms. The minimum Gasteiger partial charge on any atom is -0.340 e. The third kappa shape index (κ3) is 4.00. The largest absolute Gasteiger partial charge is 0.340 e. The molecule has 1 atom stereocenters. The predicted octanol–water partition coefficient (Wildman–Crippen LogP) is 3.46. The molecule has 0 bridgehead atoms. The highest BCUT2D eigenvalue weighted by Crippen LogP contribution is 2.36. The third-order valence-electron chi connectivity index (χ3n) is 4.23. The van der Waals surface area contributed by atoms with Crippen molar-refractivity contribution in [3.8, 4) is 0 Å². The number of amides is 2. The molecule has 2 aromatic rings. The van der Waals surface area contributed by atoms with Crippen LogP contribution in [0.5, 0.6) is 0 Å². The molecule has 0 aliphatic carbocycles. The van der Waals surface area contributed by atoms with E-state index in [1.165, 1.54) is 11.8 Å². The highest BCUT2D eigenvalue weighted by Gasteiger charge is 2.32. The van der Waals surface area contributed by atoms with Gasteiger partial charge in [-0.1, -0.05) is 25.9 Å². The molecule has 1 aliphatic rings. The van der Waals surface area contributed by atoms with Crippen molar-refractivity contribution in [3.63, 3.8) is 0 Å². The van der Waals surface area contributed by atoms with Crippen LogP contribution in [0.4, 0.5) is 5.69 Å². The molecular formula is C19H24N4O3S. The zero-order chi connectivity index (χ0) is 20.0. The molecule has 2 amide bonds. The van der Waals surface area contributed by atoms with Gasteiger partial charge in [0.15, 0.2) is 5.82 Å². The molecule has 0 radical (unpaired) electrons. The van der Waals surface area contributed by atoms with Crippen LogP contribution in [0.2, 0.25) is 0 Å². The number of thioether (sulfide) groups is 1. The van der Waals surface area contributed by atoms with Gasteiger partial charge in [0.25, 0.3) is 5.91 Å². The molecule has 1 aliphatic heterocycles. The summed E-state index contributed by atoms with van der Waals surface area (Å²) < 4.78 is 5.34. The fourth-order valence-electron chi connectivity index (χ4n) is 2.54. The average molecular weight is 388 g/mol. The first-order chi connectivity index (χ1) is 12.5. The molecule has 0 spiro atoms. The SMILES string of the molecule is C[C@@H]1Sc2ccc(C(=O)NC(C)(C)c3noc(C(C)(C)C)n3)cc2NC1=O. The third-order valence-corrected chi connectivity index (χ3v) is 5.40. The highest BCUT2D eigenvalue weighted by molar-refractivity contribution is 8.00. The molecule has 1 aromatic carbocycles. The average Bonchev–Trinajstić information content (AvgIpc) is 3.06. The van der Waals surface area contributed by atoms with Crippen molar-refractivity contribution in [1.82, 2.24) is 15.5 Å². The van der Waals surface area contributed by atoms with Gasteiger partial charge in [-0.15, -0.1) is 11.8 Å². The molecule has 0 unspecified atom stereocenters. The van der Waals surface area contributed by atoms with Gasteiger partial charge >= 0.3 is 0 Å². The molecule has 27 heavy (non-hydrogen) atoms. The molecule has 2 heterocycles. The maximum Gasteiger partial charge on any atom is 0.252 e. The maximum absolute atomic E-state index is 12.8. The molecule has 0 fully saturated rings. The summed E-state index contributed by atoms with van der Waals surface area (Å²) in [7, 11) is 0. The summed E-state index contributed by atoms with van der Waals surface area (Å²) in [5.74, 6) is 0.591. The number of aromatic nitrogens is 2. The van der Waals surface area contributed by atoms with Crippen molar-refractivity contribution in [1.29, 1.82) is 0 Å². The van der Waals surface area contributed by atoms with E-state index in [4.69, 9.17) is 4.52 Å². The molecule has 2 N–H and O–H groups in total. The van der Waals surface area contributed by atoms with E-state index in [0.717, 1.165) is 4.90 Å². The number of fused-ring (bicyclic) bond motifs is 1. The van der Waals surface area contributed by atoms with Crippen molar-refractivity contribution in [2.45, 2.75) is 62.6 Å². The van der Waals surface area contributed by atoms with E-state index in [9.17, 15) is 9.59 Å². The number of benzene rings is 1. The Morgan fingerprint density at radius 1 is 1.26 bits per heavy atom. The van der Waals surface area contributed by atoms with E-state index < -0.39 is 5.54 Å². The number of carbonyl (C=O) groups excluding carboxylic acids is 2. The van der Waals surface area contributed by atoms with Crippen molar-refractivity contribution >= 4 is 29.3 Å². The van der Waals surface area contributed by atoms with Gasteiger partial charge in [-0.05, 0) is 39.0 Å². The van der Waals surface area contributed by atoms with Gasteiger partial charge in [0.05, 0.1) is 16.5 Å². The predicted molar refractivity (Wildman–Crippen MR) is 104 cm³/mol. The van der Waals surface area contributed by atoms with Crippen LogP contribution in [0.25, 0.3) is 0 Å². The van der Waals surface area contributed by atoms with E-state index in [0.29, 0.717) is 23.0 Å². The number of anilines is 1. The number of carbonyl (C=O) groups is 2.